The van der Waals surface area contributed by atoms with Crippen LogP contribution in [0.5, 0.6) is 11.5 Å². The number of benzene rings is 1. The van der Waals surface area contributed by atoms with Crippen LogP contribution in [0.2, 0.25) is 0 Å². The maximum absolute atomic E-state index is 12.0. The van der Waals surface area contributed by atoms with E-state index >= 15 is 0 Å². The maximum atomic E-state index is 12.0. The zero-order chi connectivity index (χ0) is 18.4. The lowest BCUT2D eigenvalue weighted by Gasteiger charge is -2.31. The molecule has 2 N–H and O–H groups in total. The van der Waals surface area contributed by atoms with E-state index < -0.39 is 5.79 Å². The molecule has 144 valence electrons. The molecule has 2 aliphatic rings. The fourth-order valence-corrected chi connectivity index (χ4v) is 3.51. The Morgan fingerprint density at radius 1 is 1.15 bits per heavy atom. The molecule has 2 amide bonds. The van der Waals surface area contributed by atoms with Crippen molar-refractivity contribution in [3.63, 3.8) is 0 Å². The highest BCUT2D eigenvalue weighted by molar-refractivity contribution is 5.73. The van der Waals surface area contributed by atoms with Gasteiger partial charge in [-0.15, -0.1) is 0 Å². The lowest BCUT2D eigenvalue weighted by atomic mass is 9.94. The summed E-state index contributed by atoms with van der Waals surface area (Å²) in [6.45, 7) is 1.38. The Labute approximate surface area is 154 Å². The highest BCUT2D eigenvalue weighted by atomic mass is 16.7. The molecule has 7 heteroatoms. The summed E-state index contributed by atoms with van der Waals surface area (Å²) in [6.07, 6.45) is 5.36. The Morgan fingerprint density at radius 3 is 2.65 bits per heavy atom. The SMILES string of the molecule is COc1ccc(CNC(=O)NC[C@@H]2COC3(CCCCC3)O2)cc1OC. The van der Waals surface area contributed by atoms with Gasteiger partial charge in [-0.2, -0.15) is 0 Å². The Hall–Kier alpha value is -1.99. The molecule has 7 nitrogen and oxygen atoms in total. The van der Waals surface area contributed by atoms with Crippen molar-refractivity contribution in [3.8, 4) is 11.5 Å². The van der Waals surface area contributed by atoms with Gasteiger partial charge >= 0.3 is 6.03 Å². The fraction of sp³-hybridized carbons (Fsp3) is 0.632. The van der Waals surface area contributed by atoms with Crippen LogP contribution >= 0.6 is 0 Å². The van der Waals surface area contributed by atoms with Crippen LogP contribution in [0.3, 0.4) is 0 Å². The van der Waals surface area contributed by atoms with Gasteiger partial charge in [0.2, 0.25) is 0 Å². The van der Waals surface area contributed by atoms with Crippen LogP contribution in [0.15, 0.2) is 18.2 Å². The average Bonchev–Trinajstić information content (AvgIpc) is 3.07. The second-order valence-corrected chi connectivity index (χ2v) is 6.78. The quantitative estimate of drug-likeness (QED) is 0.811. The maximum Gasteiger partial charge on any atom is 0.315 e. The van der Waals surface area contributed by atoms with Crippen molar-refractivity contribution in [1.82, 2.24) is 10.6 Å². The van der Waals surface area contributed by atoms with E-state index in [1.54, 1.807) is 14.2 Å². The lowest BCUT2D eigenvalue weighted by Crippen LogP contribution is -2.41. The smallest absolute Gasteiger partial charge is 0.315 e. The van der Waals surface area contributed by atoms with E-state index in [0.29, 0.717) is 31.2 Å². The Balaban J connectivity index is 1.41. The van der Waals surface area contributed by atoms with Crippen LogP contribution in [-0.4, -0.2) is 45.3 Å². The average molecular weight is 364 g/mol. The second kappa shape index (κ2) is 8.60. The van der Waals surface area contributed by atoms with Crippen LogP contribution in [0.1, 0.15) is 37.7 Å². The van der Waals surface area contributed by atoms with E-state index in [0.717, 1.165) is 31.2 Å². The topological polar surface area (TPSA) is 78.1 Å². The van der Waals surface area contributed by atoms with Crippen LogP contribution in [0.4, 0.5) is 4.79 Å². The van der Waals surface area contributed by atoms with Gasteiger partial charge in [0, 0.05) is 25.9 Å². The first kappa shape index (κ1) is 18.8. The molecule has 1 aromatic rings. The highest BCUT2D eigenvalue weighted by Gasteiger charge is 2.42. The Kier molecular flexibility index (Phi) is 6.21. The number of hydrogen-bond acceptors (Lipinski definition) is 5. The third-order valence-corrected chi connectivity index (χ3v) is 4.92. The first-order valence-electron chi connectivity index (χ1n) is 9.18. The number of methoxy groups -OCH3 is 2. The minimum atomic E-state index is -0.402. The number of ether oxygens (including phenoxy) is 4. The molecule has 0 unspecified atom stereocenters. The van der Waals surface area contributed by atoms with Crippen LogP contribution in [0.25, 0.3) is 0 Å². The molecule has 0 radical (unpaired) electrons. The lowest BCUT2D eigenvalue weighted by molar-refractivity contribution is -0.186. The summed E-state index contributed by atoms with van der Waals surface area (Å²) in [6, 6.07) is 5.33. The number of rotatable bonds is 6. The van der Waals surface area contributed by atoms with Crippen molar-refractivity contribution >= 4 is 6.03 Å². The summed E-state index contributed by atoms with van der Waals surface area (Å²) in [7, 11) is 3.18. The molecule has 1 aliphatic heterocycles. The highest BCUT2D eigenvalue weighted by Crippen LogP contribution is 2.37. The molecule has 0 aromatic heterocycles. The van der Waals surface area contributed by atoms with E-state index in [-0.39, 0.29) is 12.1 Å². The Morgan fingerprint density at radius 2 is 1.92 bits per heavy atom. The van der Waals surface area contributed by atoms with Gasteiger partial charge in [-0.3, -0.25) is 0 Å². The first-order chi connectivity index (χ1) is 12.6. The van der Waals surface area contributed by atoms with E-state index in [4.69, 9.17) is 18.9 Å². The number of hydrogen-bond donors (Lipinski definition) is 2. The first-order valence-corrected chi connectivity index (χ1v) is 9.18. The van der Waals surface area contributed by atoms with Gasteiger partial charge in [0.15, 0.2) is 17.3 Å². The van der Waals surface area contributed by atoms with E-state index in [9.17, 15) is 4.79 Å². The summed E-state index contributed by atoms with van der Waals surface area (Å²) < 4.78 is 22.4. The van der Waals surface area contributed by atoms with E-state index in [1.165, 1.54) is 6.42 Å². The van der Waals surface area contributed by atoms with Crippen LogP contribution < -0.4 is 20.1 Å². The monoisotopic (exact) mass is 364 g/mol. The normalized spacial score (nSPS) is 21.4. The zero-order valence-corrected chi connectivity index (χ0v) is 15.5. The van der Waals surface area contributed by atoms with E-state index in [1.807, 2.05) is 18.2 Å². The van der Waals surface area contributed by atoms with Crippen LogP contribution in [0, 0.1) is 0 Å². The number of carbonyl (C=O) groups is 1. The molecule has 26 heavy (non-hydrogen) atoms. The molecule has 0 bridgehead atoms. The van der Waals surface area contributed by atoms with Gasteiger partial charge < -0.3 is 29.6 Å². The van der Waals surface area contributed by atoms with Crippen molar-refractivity contribution in [2.75, 3.05) is 27.4 Å². The van der Waals surface area contributed by atoms with Crippen molar-refractivity contribution in [2.24, 2.45) is 0 Å². The predicted octanol–water partition coefficient (Wildman–Crippen LogP) is 2.58. The molecule has 1 aromatic carbocycles. The summed E-state index contributed by atoms with van der Waals surface area (Å²) in [5, 5.41) is 5.70. The molecule has 3 rings (SSSR count). The van der Waals surface area contributed by atoms with Gasteiger partial charge in [0.1, 0.15) is 6.10 Å². The molecule has 1 saturated carbocycles. The van der Waals surface area contributed by atoms with Gasteiger partial charge in [-0.05, 0) is 30.5 Å². The van der Waals surface area contributed by atoms with Gasteiger partial charge in [-0.25, -0.2) is 4.79 Å². The number of amides is 2. The summed E-state index contributed by atoms with van der Waals surface area (Å²) in [5.41, 5.74) is 0.930. The second-order valence-electron chi connectivity index (χ2n) is 6.78. The zero-order valence-electron chi connectivity index (χ0n) is 15.5. The molecule has 1 aliphatic carbocycles. The summed E-state index contributed by atoms with van der Waals surface area (Å²) >= 11 is 0. The summed E-state index contributed by atoms with van der Waals surface area (Å²) in [5.74, 6) is 0.901. The van der Waals surface area contributed by atoms with Crippen molar-refractivity contribution in [1.29, 1.82) is 0 Å². The fourth-order valence-electron chi connectivity index (χ4n) is 3.51. The molecule has 1 saturated heterocycles. The molecule has 1 heterocycles. The molecular weight excluding hydrogens is 336 g/mol. The minimum absolute atomic E-state index is 0.0834. The van der Waals surface area contributed by atoms with Crippen LogP contribution in [-0.2, 0) is 16.0 Å². The van der Waals surface area contributed by atoms with Crippen molar-refractivity contribution < 1.29 is 23.7 Å². The predicted molar refractivity (Wildman–Crippen MR) is 96.4 cm³/mol. The third-order valence-electron chi connectivity index (χ3n) is 4.92. The van der Waals surface area contributed by atoms with Gasteiger partial charge in [0.25, 0.3) is 0 Å². The van der Waals surface area contributed by atoms with E-state index in [2.05, 4.69) is 10.6 Å². The number of urea groups is 1. The standard InChI is InChI=1S/C19H28N2O5/c1-23-16-7-6-14(10-17(16)24-2)11-20-18(22)21-12-15-13-25-19(26-15)8-4-3-5-9-19/h6-7,10,15H,3-5,8-9,11-13H2,1-2H3,(H2,20,21,22)/t15-/m1/s1. The molecular formula is C19H28N2O5. The van der Waals surface area contributed by atoms with Crippen molar-refractivity contribution in [3.05, 3.63) is 23.8 Å². The number of nitrogens with one attached hydrogen (secondary N) is 2. The minimum Gasteiger partial charge on any atom is -0.493 e. The molecule has 1 spiro atoms. The summed E-state index contributed by atoms with van der Waals surface area (Å²) in [4.78, 5) is 12.0. The largest absolute Gasteiger partial charge is 0.493 e. The van der Waals surface area contributed by atoms with Gasteiger partial charge in [-0.1, -0.05) is 12.5 Å². The number of carbonyl (C=O) groups excluding carboxylic acids is 1. The molecule has 1 atom stereocenters. The molecule has 2 fully saturated rings. The third kappa shape index (κ3) is 4.59. The van der Waals surface area contributed by atoms with Gasteiger partial charge in [0.05, 0.1) is 20.8 Å². The van der Waals surface area contributed by atoms with Crippen molar-refractivity contribution in [2.45, 2.75) is 50.5 Å². The Bertz CT molecular complexity index is 616.